The highest BCUT2D eigenvalue weighted by Gasteiger charge is 2.36. The summed E-state index contributed by atoms with van der Waals surface area (Å²) in [7, 11) is -1.75. The third-order valence-corrected chi connectivity index (χ3v) is 6.27. The van der Waals surface area contributed by atoms with Crippen LogP contribution in [0.25, 0.3) is 0 Å². The van der Waals surface area contributed by atoms with E-state index >= 15 is 0 Å². The predicted molar refractivity (Wildman–Crippen MR) is 80.8 cm³/mol. The zero-order chi connectivity index (χ0) is 14.9. The van der Waals surface area contributed by atoms with Gasteiger partial charge >= 0.3 is 0 Å². The lowest BCUT2D eigenvalue weighted by Crippen LogP contribution is -2.36. The van der Waals surface area contributed by atoms with Crippen LogP contribution >= 0.6 is 0 Å². The molecule has 0 saturated heterocycles. The summed E-state index contributed by atoms with van der Waals surface area (Å²) in [6, 6.07) is 5.37. The van der Waals surface area contributed by atoms with E-state index < -0.39 is 10.0 Å². The number of aryl methyl sites for hydroxylation is 1. The lowest BCUT2D eigenvalue weighted by atomic mass is 10.1. The van der Waals surface area contributed by atoms with Crippen molar-refractivity contribution in [1.82, 2.24) is 4.31 Å². The minimum atomic E-state index is -3.42. The Bertz CT molecular complexity index is 580. The number of sulfonamides is 1. The van der Waals surface area contributed by atoms with Gasteiger partial charge in [0.05, 0.1) is 4.90 Å². The van der Waals surface area contributed by atoms with Crippen LogP contribution in [0.3, 0.4) is 0 Å². The summed E-state index contributed by atoms with van der Waals surface area (Å²) in [6.45, 7) is 4.40. The van der Waals surface area contributed by atoms with Crippen molar-refractivity contribution in [1.29, 1.82) is 0 Å². The van der Waals surface area contributed by atoms with E-state index in [1.165, 1.54) is 4.31 Å². The number of rotatable bonds is 6. The Morgan fingerprint density at radius 2 is 2.00 bits per heavy atom. The lowest BCUT2D eigenvalue weighted by molar-refractivity contribution is 0.357. The fourth-order valence-electron chi connectivity index (χ4n) is 2.56. The van der Waals surface area contributed by atoms with Crippen LogP contribution in [-0.2, 0) is 23.0 Å². The maximum atomic E-state index is 12.7. The van der Waals surface area contributed by atoms with Crippen molar-refractivity contribution in [2.24, 2.45) is 11.7 Å². The fraction of sp³-hybridized carbons (Fsp3) is 0.600. The van der Waals surface area contributed by atoms with Crippen LogP contribution in [0, 0.1) is 5.92 Å². The van der Waals surface area contributed by atoms with E-state index in [4.69, 9.17) is 5.73 Å². The summed E-state index contributed by atoms with van der Waals surface area (Å²) in [5, 5.41) is 0. The molecule has 5 heteroatoms. The molecule has 0 aliphatic heterocycles. The molecule has 2 rings (SSSR count). The van der Waals surface area contributed by atoms with Gasteiger partial charge in [-0.3, -0.25) is 0 Å². The molecular formula is C15H24N2O2S. The van der Waals surface area contributed by atoms with E-state index in [-0.39, 0.29) is 6.04 Å². The van der Waals surface area contributed by atoms with Crippen LogP contribution in [0.5, 0.6) is 0 Å². The first-order valence-corrected chi connectivity index (χ1v) is 8.65. The molecule has 112 valence electrons. The Morgan fingerprint density at radius 1 is 1.35 bits per heavy atom. The van der Waals surface area contributed by atoms with Gasteiger partial charge in [-0.25, -0.2) is 8.42 Å². The molecule has 0 bridgehead atoms. The van der Waals surface area contributed by atoms with Crippen LogP contribution in [-0.4, -0.2) is 25.8 Å². The van der Waals surface area contributed by atoms with Crippen molar-refractivity contribution in [3.63, 3.8) is 0 Å². The van der Waals surface area contributed by atoms with Gasteiger partial charge in [-0.1, -0.05) is 13.0 Å². The first kappa shape index (κ1) is 15.5. The monoisotopic (exact) mass is 296 g/mol. The summed E-state index contributed by atoms with van der Waals surface area (Å²) in [6.07, 6.45) is 3.12. The number of nitrogens with two attached hydrogens (primary N) is 1. The van der Waals surface area contributed by atoms with Crippen molar-refractivity contribution < 1.29 is 8.42 Å². The highest BCUT2D eigenvalue weighted by molar-refractivity contribution is 7.89. The molecule has 1 atom stereocenters. The molecular weight excluding hydrogens is 272 g/mol. The third-order valence-electron chi connectivity index (χ3n) is 4.33. The highest BCUT2D eigenvalue weighted by atomic mass is 32.2. The molecule has 2 N–H and O–H groups in total. The van der Waals surface area contributed by atoms with Crippen LogP contribution in [0.1, 0.15) is 37.8 Å². The largest absolute Gasteiger partial charge is 0.326 e. The molecule has 0 amide bonds. The average Bonchev–Trinajstić information content (AvgIpc) is 3.29. The van der Waals surface area contributed by atoms with E-state index in [0.717, 1.165) is 30.4 Å². The predicted octanol–water partition coefficient (Wildman–Crippen LogP) is 2.13. The number of benzene rings is 1. The third kappa shape index (κ3) is 2.90. The molecule has 0 aromatic heterocycles. The van der Waals surface area contributed by atoms with Gasteiger partial charge in [0.15, 0.2) is 0 Å². The molecule has 1 saturated carbocycles. The van der Waals surface area contributed by atoms with E-state index in [9.17, 15) is 8.42 Å². The highest BCUT2D eigenvalue weighted by Crippen LogP contribution is 2.36. The maximum Gasteiger partial charge on any atom is 0.243 e. The molecule has 1 aliphatic rings. The second-order valence-electron chi connectivity index (χ2n) is 5.59. The van der Waals surface area contributed by atoms with E-state index in [1.54, 1.807) is 19.2 Å². The molecule has 1 aromatic rings. The fourth-order valence-corrected chi connectivity index (χ4v) is 4.03. The summed E-state index contributed by atoms with van der Waals surface area (Å²) in [4.78, 5) is 0.352. The zero-order valence-corrected chi connectivity index (χ0v) is 13.3. The Kier molecular flexibility index (Phi) is 4.52. The normalized spacial score (nSPS) is 17.4. The van der Waals surface area contributed by atoms with Gasteiger partial charge in [0, 0.05) is 19.6 Å². The molecule has 1 aliphatic carbocycles. The SMILES string of the molecule is CCc1ccc(S(=O)(=O)N(C)C(C)C2CC2)cc1CN. The van der Waals surface area contributed by atoms with E-state index in [2.05, 4.69) is 0 Å². The molecule has 0 spiro atoms. The van der Waals surface area contributed by atoms with E-state index in [0.29, 0.717) is 17.4 Å². The van der Waals surface area contributed by atoms with Gasteiger partial charge in [-0.2, -0.15) is 4.31 Å². The van der Waals surface area contributed by atoms with Crippen molar-refractivity contribution in [2.45, 2.75) is 50.6 Å². The van der Waals surface area contributed by atoms with Crippen LogP contribution < -0.4 is 5.73 Å². The standard InChI is InChI=1S/C15H24N2O2S/c1-4-12-7-8-15(9-14(12)10-16)20(18,19)17(3)11(2)13-5-6-13/h7-9,11,13H,4-6,10,16H2,1-3H3. The van der Waals surface area contributed by atoms with Crippen molar-refractivity contribution in [3.8, 4) is 0 Å². The molecule has 1 unspecified atom stereocenters. The minimum absolute atomic E-state index is 0.0622. The summed E-state index contributed by atoms with van der Waals surface area (Å²) < 4.78 is 26.8. The van der Waals surface area contributed by atoms with E-state index in [1.807, 2.05) is 19.9 Å². The second-order valence-corrected chi connectivity index (χ2v) is 7.58. The van der Waals surface area contributed by atoms with Crippen molar-refractivity contribution in [2.75, 3.05) is 7.05 Å². The minimum Gasteiger partial charge on any atom is -0.326 e. The molecule has 1 aromatic carbocycles. The van der Waals surface area contributed by atoms with Crippen LogP contribution in [0.4, 0.5) is 0 Å². The summed E-state index contributed by atoms with van der Waals surface area (Å²) in [5.41, 5.74) is 7.76. The number of hydrogen-bond acceptors (Lipinski definition) is 3. The number of nitrogens with zero attached hydrogens (tertiary/aromatic N) is 1. The van der Waals surface area contributed by atoms with Gasteiger partial charge in [0.2, 0.25) is 10.0 Å². The topological polar surface area (TPSA) is 63.4 Å². The average molecular weight is 296 g/mol. The maximum absolute atomic E-state index is 12.7. The van der Waals surface area contributed by atoms with Gasteiger partial charge in [0.25, 0.3) is 0 Å². The molecule has 1 fully saturated rings. The molecule has 0 heterocycles. The van der Waals surface area contributed by atoms with Crippen molar-refractivity contribution >= 4 is 10.0 Å². The van der Waals surface area contributed by atoms with Gasteiger partial charge in [-0.05, 0) is 55.4 Å². The summed E-state index contributed by atoms with van der Waals surface area (Å²) >= 11 is 0. The molecule has 4 nitrogen and oxygen atoms in total. The van der Waals surface area contributed by atoms with Crippen LogP contribution in [0.15, 0.2) is 23.1 Å². The number of hydrogen-bond donors (Lipinski definition) is 1. The zero-order valence-electron chi connectivity index (χ0n) is 12.5. The molecule has 0 radical (unpaired) electrons. The Morgan fingerprint density at radius 3 is 2.50 bits per heavy atom. The Hall–Kier alpha value is -0.910. The molecule has 20 heavy (non-hydrogen) atoms. The Balaban J connectivity index is 2.33. The van der Waals surface area contributed by atoms with Crippen molar-refractivity contribution in [3.05, 3.63) is 29.3 Å². The Labute approximate surface area is 122 Å². The smallest absolute Gasteiger partial charge is 0.243 e. The van der Waals surface area contributed by atoms with Crippen LogP contribution in [0.2, 0.25) is 0 Å². The van der Waals surface area contributed by atoms with Gasteiger partial charge in [0.1, 0.15) is 0 Å². The van der Waals surface area contributed by atoms with Gasteiger partial charge in [-0.15, -0.1) is 0 Å². The first-order chi connectivity index (χ1) is 9.41. The lowest BCUT2D eigenvalue weighted by Gasteiger charge is -2.24. The first-order valence-electron chi connectivity index (χ1n) is 7.21. The quantitative estimate of drug-likeness (QED) is 0.874. The summed E-state index contributed by atoms with van der Waals surface area (Å²) in [5.74, 6) is 0.513. The second kappa shape index (κ2) is 5.84. The van der Waals surface area contributed by atoms with Gasteiger partial charge < -0.3 is 5.73 Å².